The molecule has 1 amide bonds. The molecule has 0 spiro atoms. The molecule has 1 saturated heterocycles. The van der Waals surface area contributed by atoms with Crippen molar-refractivity contribution in [3.63, 3.8) is 0 Å². The van der Waals surface area contributed by atoms with Crippen molar-refractivity contribution in [2.24, 2.45) is 11.7 Å². The van der Waals surface area contributed by atoms with Crippen LogP contribution >= 0.6 is 0 Å². The summed E-state index contributed by atoms with van der Waals surface area (Å²) in [4.78, 5) is 13.5. The second kappa shape index (κ2) is 5.40. The molecular formula is C14H20N2O2. The molecule has 2 unspecified atom stereocenters. The average Bonchev–Trinajstić information content (AvgIpc) is 2.39. The number of para-hydroxylation sites is 1. The Labute approximate surface area is 107 Å². The van der Waals surface area contributed by atoms with Gasteiger partial charge in [-0.2, -0.15) is 0 Å². The van der Waals surface area contributed by atoms with Crippen molar-refractivity contribution in [3.05, 3.63) is 29.8 Å². The van der Waals surface area contributed by atoms with E-state index in [0.29, 0.717) is 12.6 Å². The zero-order chi connectivity index (χ0) is 13.1. The fraction of sp³-hybridized carbons (Fsp3) is 0.500. The summed E-state index contributed by atoms with van der Waals surface area (Å²) in [6.07, 6.45) is 1.81. The molecule has 3 N–H and O–H groups in total. The summed E-state index contributed by atoms with van der Waals surface area (Å²) in [5.74, 6) is -0.318. The van der Waals surface area contributed by atoms with Gasteiger partial charge in [-0.05, 0) is 25.8 Å². The number of carbonyl (C=O) groups excluding carboxylic acids is 1. The number of rotatable bonds is 3. The van der Waals surface area contributed by atoms with Crippen LogP contribution in [0.5, 0.6) is 0 Å². The van der Waals surface area contributed by atoms with Gasteiger partial charge in [0.05, 0.1) is 12.5 Å². The van der Waals surface area contributed by atoms with Crippen molar-refractivity contribution >= 4 is 11.6 Å². The van der Waals surface area contributed by atoms with Crippen LogP contribution in [-0.2, 0) is 11.4 Å². The van der Waals surface area contributed by atoms with Crippen molar-refractivity contribution in [3.8, 4) is 0 Å². The van der Waals surface area contributed by atoms with Crippen molar-refractivity contribution in [1.29, 1.82) is 0 Å². The Hall–Kier alpha value is -1.55. The first-order chi connectivity index (χ1) is 8.63. The first-order valence-corrected chi connectivity index (χ1v) is 6.38. The summed E-state index contributed by atoms with van der Waals surface area (Å²) in [5, 5.41) is 9.39. The molecule has 0 saturated carbocycles. The van der Waals surface area contributed by atoms with E-state index in [2.05, 4.69) is 11.8 Å². The molecule has 18 heavy (non-hydrogen) atoms. The Kier molecular flexibility index (Phi) is 3.87. The highest BCUT2D eigenvalue weighted by Gasteiger charge is 2.29. The molecule has 1 aromatic carbocycles. The first-order valence-electron chi connectivity index (χ1n) is 6.38. The summed E-state index contributed by atoms with van der Waals surface area (Å²) in [7, 11) is 0. The molecule has 4 nitrogen and oxygen atoms in total. The number of hydrogen-bond acceptors (Lipinski definition) is 3. The number of piperidine rings is 1. The van der Waals surface area contributed by atoms with E-state index in [0.717, 1.165) is 24.1 Å². The predicted octanol–water partition coefficient (Wildman–Crippen LogP) is 1.27. The summed E-state index contributed by atoms with van der Waals surface area (Å²) in [6, 6.07) is 8.14. The molecule has 1 aliphatic heterocycles. The lowest BCUT2D eigenvalue weighted by atomic mass is 9.92. The van der Waals surface area contributed by atoms with Crippen LogP contribution in [0.2, 0.25) is 0 Å². The third kappa shape index (κ3) is 2.48. The zero-order valence-corrected chi connectivity index (χ0v) is 10.7. The van der Waals surface area contributed by atoms with Gasteiger partial charge in [0.25, 0.3) is 0 Å². The number of anilines is 1. The second-order valence-electron chi connectivity index (χ2n) is 4.96. The molecule has 0 bridgehead atoms. The fourth-order valence-electron chi connectivity index (χ4n) is 2.60. The van der Waals surface area contributed by atoms with Gasteiger partial charge >= 0.3 is 0 Å². The lowest BCUT2D eigenvalue weighted by molar-refractivity contribution is -0.122. The van der Waals surface area contributed by atoms with E-state index in [-0.39, 0.29) is 18.4 Å². The topological polar surface area (TPSA) is 66.6 Å². The SMILES string of the molecule is CC1CCC(C(N)=O)CN1c1ccccc1CO. The lowest BCUT2D eigenvalue weighted by Gasteiger charge is -2.39. The fourth-order valence-corrected chi connectivity index (χ4v) is 2.60. The van der Waals surface area contributed by atoms with Gasteiger partial charge in [-0.1, -0.05) is 18.2 Å². The van der Waals surface area contributed by atoms with Gasteiger partial charge in [-0.15, -0.1) is 0 Å². The third-order valence-electron chi connectivity index (χ3n) is 3.76. The van der Waals surface area contributed by atoms with E-state index in [1.807, 2.05) is 24.3 Å². The first kappa shape index (κ1) is 12.9. The highest BCUT2D eigenvalue weighted by atomic mass is 16.3. The number of benzene rings is 1. The Bertz CT molecular complexity index is 434. The van der Waals surface area contributed by atoms with E-state index in [9.17, 15) is 9.90 Å². The predicted molar refractivity (Wildman–Crippen MR) is 71.1 cm³/mol. The van der Waals surface area contributed by atoms with E-state index in [1.165, 1.54) is 0 Å². The van der Waals surface area contributed by atoms with Gasteiger partial charge < -0.3 is 15.7 Å². The Morgan fingerprint density at radius 3 is 2.83 bits per heavy atom. The minimum atomic E-state index is -0.228. The Morgan fingerprint density at radius 2 is 2.17 bits per heavy atom. The number of carbonyl (C=O) groups is 1. The monoisotopic (exact) mass is 248 g/mol. The van der Waals surface area contributed by atoms with Crippen LogP contribution in [0.3, 0.4) is 0 Å². The third-order valence-corrected chi connectivity index (χ3v) is 3.76. The normalized spacial score (nSPS) is 24.0. The standard InChI is InChI=1S/C14H20N2O2/c1-10-6-7-11(14(15)18)8-16(10)13-5-3-2-4-12(13)9-17/h2-5,10-11,17H,6-9H2,1H3,(H2,15,18). The molecule has 2 atom stereocenters. The summed E-state index contributed by atoms with van der Waals surface area (Å²) in [5.41, 5.74) is 7.32. The van der Waals surface area contributed by atoms with Crippen LogP contribution in [0, 0.1) is 5.92 Å². The Balaban J connectivity index is 2.26. The van der Waals surface area contributed by atoms with Crippen molar-refractivity contribution in [2.45, 2.75) is 32.4 Å². The summed E-state index contributed by atoms with van der Waals surface area (Å²) in [6.45, 7) is 2.81. The van der Waals surface area contributed by atoms with Crippen LogP contribution in [0.15, 0.2) is 24.3 Å². The van der Waals surface area contributed by atoms with Crippen LogP contribution in [0.4, 0.5) is 5.69 Å². The van der Waals surface area contributed by atoms with Crippen molar-refractivity contribution in [1.82, 2.24) is 0 Å². The largest absolute Gasteiger partial charge is 0.392 e. The van der Waals surface area contributed by atoms with Gasteiger partial charge in [0.1, 0.15) is 0 Å². The van der Waals surface area contributed by atoms with Gasteiger partial charge in [-0.25, -0.2) is 0 Å². The number of primary amides is 1. The van der Waals surface area contributed by atoms with Gasteiger partial charge in [0, 0.05) is 23.8 Å². The lowest BCUT2D eigenvalue weighted by Crippen LogP contribution is -2.46. The van der Waals surface area contributed by atoms with E-state index >= 15 is 0 Å². The van der Waals surface area contributed by atoms with Gasteiger partial charge in [-0.3, -0.25) is 4.79 Å². The average molecular weight is 248 g/mol. The van der Waals surface area contributed by atoms with Crippen LogP contribution in [0.25, 0.3) is 0 Å². The number of nitrogens with two attached hydrogens (primary N) is 1. The molecule has 0 aromatic heterocycles. The van der Waals surface area contributed by atoms with Crippen LogP contribution in [0.1, 0.15) is 25.3 Å². The summed E-state index contributed by atoms with van der Waals surface area (Å²) < 4.78 is 0. The molecule has 1 aromatic rings. The molecule has 1 fully saturated rings. The molecular weight excluding hydrogens is 228 g/mol. The molecule has 4 heteroatoms. The minimum Gasteiger partial charge on any atom is -0.392 e. The maximum Gasteiger partial charge on any atom is 0.222 e. The number of hydrogen-bond donors (Lipinski definition) is 2. The van der Waals surface area contributed by atoms with E-state index in [4.69, 9.17) is 5.73 Å². The van der Waals surface area contributed by atoms with Crippen LogP contribution in [-0.4, -0.2) is 23.6 Å². The smallest absolute Gasteiger partial charge is 0.222 e. The second-order valence-corrected chi connectivity index (χ2v) is 4.96. The molecule has 0 aliphatic carbocycles. The molecule has 1 heterocycles. The van der Waals surface area contributed by atoms with Crippen LogP contribution < -0.4 is 10.6 Å². The molecule has 0 radical (unpaired) electrons. The zero-order valence-electron chi connectivity index (χ0n) is 10.7. The quantitative estimate of drug-likeness (QED) is 0.846. The maximum atomic E-state index is 11.3. The highest BCUT2D eigenvalue weighted by molar-refractivity contribution is 5.77. The maximum absolute atomic E-state index is 11.3. The molecule has 98 valence electrons. The van der Waals surface area contributed by atoms with Gasteiger partial charge in [0.15, 0.2) is 0 Å². The van der Waals surface area contributed by atoms with E-state index < -0.39 is 0 Å². The van der Waals surface area contributed by atoms with E-state index in [1.54, 1.807) is 0 Å². The number of aliphatic hydroxyl groups is 1. The molecule has 1 aliphatic rings. The minimum absolute atomic E-state index is 0.0145. The number of amides is 1. The summed E-state index contributed by atoms with van der Waals surface area (Å²) >= 11 is 0. The number of aliphatic hydroxyl groups excluding tert-OH is 1. The van der Waals surface area contributed by atoms with Crippen molar-refractivity contribution in [2.75, 3.05) is 11.4 Å². The van der Waals surface area contributed by atoms with Crippen molar-refractivity contribution < 1.29 is 9.90 Å². The highest BCUT2D eigenvalue weighted by Crippen LogP contribution is 2.30. The van der Waals surface area contributed by atoms with Gasteiger partial charge in [0.2, 0.25) is 5.91 Å². The number of nitrogens with zero attached hydrogens (tertiary/aromatic N) is 1. The molecule has 2 rings (SSSR count). The Morgan fingerprint density at radius 1 is 1.44 bits per heavy atom.